The van der Waals surface area contributed by atoms with Crippen LogP contribution >= 0.6 is 0 Å². The molecule has 5 heteroatoms. The molecule has 0 radical (unpaired) electrons. The third-order valence-corrected chi connectivity index (χ3v) is 3.23. The van der Waals surface area contributed by atoms with Gasteiger partial charge in [-0.15, -0.1) is 0 Å². The van der Waals surface area contributed by atoms with E-state index in [9.17, 15) is 9.59 Å². The molecule has 2 amide bonds. The lowest BCUT2D eigenvalue weighted by atomic mass is 10.0. The lowest BCUT2D eigenvalue weighted by Crippen LogP contribution is -2.58. The molecule has 1 aromatic heterocycles. The Kier molecular flexibility index (Phi) is 3.55. The van der Waals surface area contributed by atoms with Crippen molar-refractivity contribution in [1.82, 2.24) is 14.8 Å². The van der Waals surface area contributed by atoms with E-state index < -0.39 is 0 Å². The van der Waals surface area contributed by atoms with Crippen LogP contribution in [0.3, 0.4) is 0 Å². The number of pyridine rings is 1. The van der Waals surface area contributed by atoms with Crippen molar-refractivity contribution in [2.75, 3.05) is 19.6 Å². The molecule has 0 aromatic carbocycles. The molecule has 0 spiro atoms. The van der Waals surface area contributed by atoms with Gasteiger partial charge in [0.25, 0.3) is 5.91 Å². The summed E-state index contributed by atoms with van der Waals surface area (Å²) in [6.45, 7) is 7.30. The van der Waals surface area contributed by atoms with Crippen molar-refractivity contribution in [3.8, 4) is 0 Å². The molecule has 1 aliphatic rings. The quantitative estimate of drug-likeness (QED) is 0.762. The summed E-state index contributed by atoms with van der Waals surface area (Å²) in [5, 5.41) is 0. The number of carbonyl (C=O) groups excluding carboxylic acids is 2. The molecule has 0 bridgehead atoms. The summed E-state index contributed by atoms with van der Waals surface area (Å²) in [5.41, 5.74) is 0.333. The highest BCUT2D eigenvalue weighted by molar-refractivity contribution is 5.96. The highest BCUT2D eigenvalue weighted by Gasteiger charge is 2.33. The van der Waals surface area contributed by atoms with Gasteiger partial charge in [0.15, 0.2) is 0 Å². The van der Waals surface area contributed by atoms with E-state index in [4.69, 9.17) is 0 Å². The number of hydrogen-bond acceptors (Lipinski definition) is 3. The first-order valence-corrected chi connectivity index (χ1v) is 6.39. The highest BCUT2D eigenvalue weighted by atomic mass is 16.2. The van der Waals surface area contributed by atoms with Gasteiger partial charge in [0.05, 0.1) is 5.56 Å². The second-order valence-corrected chi connectivity index (χ2v) is 5.68. The summed E-state index contributed by atoms with van der Waals surface area (Å²) in [6, 6.07) is 3.44. The fraction of sp³-hybridized carbons (Fsp3) is 0.500. The average Bonchev–Trinajstić information content (AvgIpc) is 2.37. The smallest absolute Gasteiger partial charge is 0.255 e. The zero-order chi connectivity index (χ0) is 14.0. The Morgan fingerprint density at radius 1 is 1.32 bits per heavy atom. The first kappa shape index (κ1) is 13.5. The molecular weight excluding hydrogens is 242 g/mol. The van der Waals surface area contributed by atoms with Gasteiger partial charge in [-0.2, -0.15) is 0 Å². The maximum atomic E-state index is 12.2. The number of piperazine rings is 1. The average molecular weight is 261 g/mol. The summed E-state index contributed by atoms with van der Waals surface area (Å²) < 4.78 is 0. The van der Waals surface area contributed by atoms with E-state index in [1.165, 1.54) is 6.20 Å². The van der Waals surface area contributed by atoms with Crippen molar-refractivity contribution >= 4 is 11.8 Å². The van der Waals surface area contributed by atoms with E-state index in [0.29, 0.717) is 18.7 Å². The molecule has 2 heterocycles. The predicted octanol–water partition coefficient (Wildman–Crippen LogP) is 1.16. The lowest BCUT2D eigenvalue weighted by Gasteiger charge is -2.42. The number of nitrogens with zero attached hydrogens (tertiary/aromatic N) is 3. The standard InChI is InChI=1S/C14H19N3O2/c1-14(2,3)17-8-7-16(10-12(17)18)13(19)11-5-4-6-15-9-11/h4-6,9H,7-8,10H2,1-3H3. The van der Waals surface area contributed by atoms with Crippen LogP contribution in [0.5, 0.6) is 0 Å². The van der Waals surface area contributed by atoms with Gasteiger partial charge in [0.1, 0.15) is 6.54 Å². The van der Waals surface area contributed by atoms with Gasteiger partial charge >= 0.3 is 0 Å². The summed E-state index contributed by atoms with van der Waals surface area (Å²) in [6.07, 6.45) is 3.16. The van der Waals surface area contributed by atoms with Gasteiger partial charge in [-0.25, -0.2) is 0 Å². The summed E-state index contributed by atoms with van der Waals surface area (Å²) >= 11 is 0. The van der Waals surface area contributed by atoms with Crippen LogP contribution in [0, 0.1) is 0 Å². The molecule has 2 rings (SSSR count). The molecule has 0 unspecified atom stereocenters. The molecule has 0 N–H and O–H groups in total. The largest absolute Gasteiger partial charge is 0.335 e. The fourth-order valence-corrected chi connectivity index (χ4v) is 2.23. The normalized spacial score (nSPS) is 16.7. The number of carbonyl (C=O) groups is 2. The van der Waals surface area contributed by atoms with E-state index in [2.05, 4.69) is 4.98 Å². The van der Waals surface area contributed by atoms with Crippen LogP contribution in [0.1, 0.15) is 31.1 Å². The summed E-state index contributed by atoms with van der Waals surface area (Å²) in [7, 11) is 0. The van der Waals surface area contributed by atoms with Crippen LogP contribution in [-0.4, -0.2) is 51.8 Å². The molecule has 102 valence electrons. The molecule has 1 aliphatic heterocycles. The summed E-state index contributed by atoms with van der Waals surface area (Å²) in [5.74, 6) is -0.133. The van der Waals surface area contributed by atoms with Gasteiger partial charge in [0.2, 0.25) is 5.91 Å². The molecule has 0 aliphatic carbocycles. The summed E-state index contributed by atoms with van der Waals surface area (Å²) in [4.78, 5) is 31.7. The lowest BCUT2D eigenvalue weighted by molar-refractivity contribution is -0.140. The van der Waals surface area contributed by atoms with Crippen molar-refractivity contribution in [2.45, 2.75) is 26.3 Å². The maximum Gasteiger partial charge on any atom is 0.255 e. The minimum absolute atomic E-state index is 0.00371. The third kappa shape index (κ3) is 2.92. The van der Waals surface area contributed by atoms with E-state index >= 15 is 0 Å². The van der Waals surface area contributed by atoms with Crippen molar-refractivity contribution in [3.05, 3.63) is 30.1 Å². The molecular formula is C14H19N3O2. The first-order chi connectivity index (χ1) is 8.89. The number of amides is 2. The van der Waals surface area contributed by atoms with Gasteiger partial charge in [-0.3, -0.25) is 14.6 Å². The topological polar surface area (TPSA) is 53.5 Å². The van der Waals surface area contributed by atoms with E-state index in [-0.39, 0.29) is 23.9 Å². The van der Waals surface area contributed by atoms with Crippen molar-refractivity contribution in [2.24, 2.45) is 0 Å². The monoisotopic (exact) mass is 261 g/mol. The van der Waals surface area contributed by atoms with E-state index in [1.807, 2.05) is 25.7 Å². The third-order valence-electron chi connectivity index (χ3n) is 3.23. The van der Waals surface area contributed by atoms with Crippen LogP contribution in [0.4, 0.5) is 0 Å². The fourth-order valence-electron chi connectivity index (χ4n) is 2.23. The molecule has 1 aromatic rings. The number of rotatable bonds is 1. The number of aromatic nitrogens is 1. The Hall–Kier alpha value is -1.91. The SMILES string of the molecule is CC(C)(C)N1CCN(C(=O)c2cccnc2)CC1=O. The maximum absolute atomic E-state index is 12.2. The molecule has 1 fully saturated rings. The Morgan fingerprint density at radius 2 is 2.05 bits per heavy atom. The van der Waals surface area contributed by atoms with Gasteiger partial charge in [-0.05, 0) is 32.9 Å². The molecule has 0 atom stereocenters. The molecule has 5 nitrogen and oxygen atoms in total. The van der Waals surface area contributed by atoms with Crippen LogP contribution in [-0.2, 0) is 4.79 Å². The molecule has 1 saturated heterocycles. The molecule has 19 heavy (non-hydrogen) atoms. The van der Waals surface area contributed by atoms with Crippen LogP contribution in [0.15, 0.2) is 24.5 Å². The van der Waals surface area contributed by atoms with E-state index in [1.54, 1.807) is 23.2 Å². The van der Waals surface area contributed by atoms with Crippen molar-refractivity contribution in [1.29, 1.82) is 0 Å². The minimum atomic E-state index is -0.194. The molecule has 0 saturated carbocycles. The van der Waals surface area contributed by atoms with Crippen LogP contribution < -0.4 is 0 Å². The van der Waals surface area contributed by atoms with Crippen molar-refractivity contribution in [3.63, 3.8) is 0 Å². The van der Waals surface area contributed by atoms with Crippen LogP contribution in [0.2, 0.25) is 0 Å². The Balaban J connectivity index is 2.07. The highest BCUT2D eigenvalue weighted by Crippen LogP contribution is 2.18. The zero-order valence-electron chi connectivity index (χ0n) is 11.6. The minimum Gasteiger partial charge on any atom is -0.335 e. The number of hydrogen-bond donors (Lipinski definition) is 0. The van der Waals surface area contributed by atoms with E-state index in [0.717, 1.165) is 0 Å². The van der Waals surface area contributed by atoms with Gasteiger partial charge in [0, 0.05) is 31.0 Å². The first-order valence-electron chi connectivity index (χ1n) is 6.39. The zero-order valence-corrected chi connectivity index (χ0v) is 11.6. The Labute approximate surface area is 113 Å². The van der Waals surface area contributed by atoms with Crippen molar-refractivity contribution < 1.29 is 9.59 Å². The van der Waals surface area contributed by atoms with Crippen LogP contribution in [0.25, 0.3) is 0 Å². The Morgan fingerprint density at radius 3 is 2.58 bits per heavy atom. The van der Waals surface area contributed by atoms with Gasteiger partial charge < -0.3 is 9.80 Å². The van der Waals surface area contributed by atoms with Gasteiger partial charge in [-0.1, -0.05) is 0 Å². The predicted molar refractivity (Wildman–Crippen MR) is 71.6 cm³/mol. The second-order valence-electron chi connectivity index (χ2n) is 5.68. The second kappa shape index (κ2) is 4.99. The Bertz CT molecular complexity index is 479.